The second-order valence-corrected chi connectivity index (χ2v) is 7.45. The largest absolute Gasteiger partial charge is 0.478 e. The van der Waals surface area contributed by atoms with Crippen molar-refractivity contribution in [3.8, 4) is 0 Å². The first kappa shape index (κ1) is 18.1. The molecule has 0 saturated heterocycles. The van der Waals surface area contributed by atoms with Crippen LogP contribution in [0.4, 0.5) is 0 Å². The van der Waals surface area contributed by atoms with Crippen LogP contribution < -0.4 is 0 Å². The lowest BCUT2D eigenvalue weighted by molar-refractivity contribution is 0.0696. The first-order chi connectivity index (χ1) is 9.71. The summed E-state index contributed by atoms with van der Waals surface area (Å²) >= 11 is 3.15. The van der Waals surface area contributed by atoms with Gasteiger partial charge in [0.15, 0.2) is 0 Å². The van der Waals surface area contributed by atoms with Crippen molar-refractivity contribution >= 4 is 31.9 Å². The second-order valence-electron chi connectivity index (χ2n) is 4.74. The summed E-state index contributed by atoms with van der Waals surface area (Å²) in [4.78, 5) is 10.9. The number of halogens is 1. The van der Waals surface area contributed by atoms with E-state index in [0.717, 1.165) is 6.07 Å². The van der Waals surface area contributed by atoms with Gasteiger partial charge >= 0.3 is 5.97 Å². The normalized spacial score (nSPS) is 12.1. The number of aliphatic hydroxyl groups excluding tert-OH is 1. The highest BCUT2D eigenvalue weighted by molar-refractivity contribution is 9.10. The Labute approximate surface area is 132 Å². The van der Waals surface area contributed by atoms with E-state index < -0.39 is 16.0 Å². The number of aromatic carboxylic acids is 1. The number of hydrogen-bond acceptors (Lipinski definition) is 4. The molecule has 1 aromatic rings. The number of hydrogen-bond donors (Lipinski definition) is 2. The van der Waals surface area contributed by atoms with Crippen molar-refractivity contribution in [2.24, 2.45) is 0 Å². The monoisotopic (exact) mass is 379 g/mol. The molecule has 0 atom stereocenters. The average molecular weight is 380 g/mol. The first-order valence-electron chi connectivity index (χ1n) is 6.37. The van der Waals surface area contributed by atoms with E-state index >= 15 is 0 Å². The third kappa shape index (κ3) is 4.26. The Morgan fingerprint density at radius 1 is 1.38 bits per heavy atom. The number of aliphatic hydroxyl groups is 1. The third-order valence-electron chi connectivity index (χ3n) is 2.88. The minimum absolute atomic E-state index is 0.0889. The number of benzene rings is 1. The fourth-order valence-corrected chi connectivity index (χ4v) is 4.47. The molecule has 0 bridgehead atoms. The Hall–Kier alpha value is -0.960. The van der Waals surface area contributed by atoms with Crippen LogP contribution in [0.5, 0.6) is 0 Å². The molecule has 21 heavy (non-hydrogen) atoms. The Kier molecular flexibility index (Phi) is 6.33. The molecule has 6 nitrogen and oxygen atoms in total. The van der Waals surface area contributed by atoms with Crippen LogP contribution in [0.3, 0.4) is 0 Å². The van der Waals surface area contributed by atoms with Crippen LogP contribution in [0.1, 0.15) is 30.6 Å². The molecule has 0 unspecified atom stereocenters. The summed E-state index contributed by atoms with van der Waals surface area (Å²) in [7, 11) is -3.85. The number of nitrogens with zero attached hydrogens (tertiary/aromatic N) is 1. The molecule has 0 aliphatic carbocycles. The zero-order chi connectivity index (χ0) is 16.2. The summed E-state index contributed by atoms with van der Waals surface area (Å²) in [5.41, 5.74) is -0.0948. The molecular weight excluding hydrogens is 362 g/mol. The lowest BCUT2D eigenvalue weighted by Gasteiger charge is -2.26. The summed E-state index contributed by atoms with van der Waals surface area (Å²) in [6, 6.07) is 3.57. The van der Waals surface area contributed by atoms with Crippen molar-refractivity contribution in [3.05, 3.63) is 28.2 Å². The third-order valence-corrected chi connectivity index (χ3v) is 5.95. The predicted molar refractivity (Wildman–Crippen MR) is 81.8 cm³/mol. The molecule has 0 spiro atoms. The van der Waals surface area contributed by atoms with E-state index in [0.29, 0.717) is 10.9 Å². The van der Waals surface area contributed by atoms with E-state index in [1.54, 1.807) is 13.8 Å². The standard InChI is InChI=1S/C13H18BrNO5S/c1-9(2)15(6-3-7-16)21(19,20)12-8-10(13(17)18)4-5-11(12)14/h4-5,8-9,16H,3,6-7H2,1-2H3,(H,17,18). The minimum Gasteiger partial charge on any atom is -0.478 e. The van der Waals surface area contributed by atoms with Gasteiger partial charge < -0.3 is 10.2 Å². The smallest absolute Gasteiger partial charge is 0.335 e. The van der Waals surface area contributed by atoms with Crippen molar-refractivity contribution in [3.63, 3.8) is 0 Å². The molecule has 8 heteroatoms. The van der Waals surface area contributed by atoms with Gasteiger partial charge in [0.1, 0.15) is 0 Å². The van der Waals surface area contributed by atoms with Gasteiger partial charge in [0.2, 0.25) is 10.0 Å². The number of sulfonamides is 1. The highest BCUT2D eigenvalue weighted by Gasteiger charge is 2.29. The highest BCUT2D eigenvalue weighted by Crippen LogP contribution is 2.27. The maximum atomic E-state index is 12.7. The maximum absolute atomic E-state index is 12.7. The van der Waals surface area contributed by atoms with Crippen LogP contribution in [0, 0.1) is 0 Å². The van der Waals surface area contributed by atoms with E-state index in [1.807, 2.05) is 0 Å². The Bertz CT molecular complexity index is 615. The van der Waals surface area contributed by atoms with Crippen LogP contribution in [-0.4, -0.2) is 48.1 Å². The second kappa shape index (κ2) is 7.35. The van der Waals surface area contributed by atoms with Crippen LogP contribution in [0.25, 0.3) is 0 Å². The van der Waals surface area contributed by atoms with Crippen molar-refractivity contribution in [1.82, 2.24) is 4.31 Å². The van der Waals surface area contributed by atoms with E-state index in [9.17, 15) is 13.2 Å². The van der Waals surface area contributed by atoms with Crippen LogP contribution in [0.15, 0.2) is 27.6 Å². The first-order valence-corrected chi connectivity index (χ1v) is 8.60. The van der Waals surface area contributed by atoms with Gasteiger partial charge in [0, 0.05) is 23.7 Å². The van der Waals surface area contributed by atoms with Crippen molar-refractivity contribution in [1.29, 1.82) is 0 Å². The molecule has 0 saturated carbocycles. The van der Waals surface area contributed by atoms with Crippen LogP contribution in [0.2, 0.25) is 0 Å². The highest BCUT2D eigenvalue weighted by atomic mass is 79.9. The predicted octanol–water partition coefficient (Wildman–Crippen LogP) is 1.93. The fraction of sp³-hybridized carbons (Fsp3) is 0.462. The summed E-state index contributed by atoms with van der Waals surface area (Å²) in [5, 5.41) is 17.9. The SMILES string of the molecule is CC(C)N(CCCO)S(=O)(=O)c1cc(C(=O)O)ccc1Br. The lowest BCUT2D eigenvalue weighted by atomic mass is 10.2. The molecule has 118 valence electrons. The molecule has 0 aliphatic heterocycles. The number of rotatable bonds is 7. The summed E-state index contributed by atoms with van der Waals surface area (Å²) < 4.78 is 26.9. The van der Waals surface area contributed by atoms with Crippen LogP contribution >= 0.6 is 15.9 Å². The van der Waals surface area contributed by atoms with E-state index in [1.165, 1.54) is 16.4 Å². The van der Waals surface area contributed by atoms with Crippen molar-refractivity contribution in [2.75, 3.05) is 13.2 Å². The van der Waals surface area contributed by atoms with Gasteiger partial charge in [-0.3, -0.25) is 0 Å². The molecule has 1 rings (SSSR count). The van der Waals surface area contributed by atoms with E-state index in [4.69, 9.17) is 10.2 Å². The zero-order valence-corrected chi connectivity index (χ0v) is 14.2. The average Bonchev–Trinajstić information content (AvgIpc) is 2.38. The molecule has 0 aromatic heterocycles. The molecule has 0 radical (unpaired) electrons. The topological polar surface area (TPSA) is 94.9 Å². The summed E-state index contributed by atoms with van der Waals surface area (Å²) in [5.74, 6) is -1.19. The Morgan fingerprint density at radius 3 is 2.48 bits per heavy atom. The molecule has 0 amide bonds. The van der Waals surface area contributed by atoms with Gasteiger partial charge in [0.05, 0.1) is 10.5 Å². The van der Waals surface area contributed by atoms with Gasteiger partial charge in [-0.05, 0) is 54.4 Å². The quantitative estimate of drug-likeness (QED) is 0.754. The zero-order valence-electron chi connectivity index (χ0n) is 11.8. The minimum atomic E-state index is -3.85. The fourth-order valence-electron chi connectivity index (χ4n) is 1.84. The van der Waals surface area contributed by atoms with Crippen LogP contribution in [-0.2, 0) is 10.0 Å². The lowest BCUT2D eigenvalue weighted by Crippen LogP contribution is -2.38. The van der Waals surface area contributed by atoms with Crippen molar-refractivity contribution < 1.29 is 23.4 Å². The number of carbonyl (C=O) groups is 1. The summed E-state index contributed by atoms with van der Waals surface area (Å²) in [6.45, 7) is 3.50. The summed E-state index contributed by atoms with van der Waals surface area (Å²) in [6.07, 6.45) is 0.313. The van der Waals surface area contributed by atoms with Gasteiger partial charge in [-0.25, -0.2) is 13.2 Å². The van der Waals surface area contributed by atoms with E-state index in [2.05, 4.69) is 15.9 Å². The van der Waals surface area contributed by atoms with Gasteiger partial charge in [-0.2, -0.15) is 4.31 Å². The molecule has 2 N–H and O–H groups in total. The van der Waals surface area contributed by atoms with Gasteiger partial charge in [-0.15, -0.1) is 0 Å². The number of carboxylic acid groups (broad SMARTS) is 1. The van der Waals surface area contributed by atoms with Gasteiger partial charge in [-0.1, -0.05) is 0 Å². The number of carboxylic acids is 1. The molecule has 0 heterocycles. The Balaban J connectivity index is 3.33. The van der Waals surface area contributed by atoms with E-state index in [-0.39, 0.29) is 29.7 Å². The molecule has 0 fully saturated rings. The Morgan fingerprint density at radius 2 is 2.00 bits per heavy atom. The molecular formula is C13H18BrNO5S. The molecule has 1 aromatic carbocycles. The maximum Gasteiger partial charge on any atom is 0.335 e. The van der Waals surface area contributed by atoms with Gasteiger partial charge in [0.25, 0.3) is 0 Å². The van der Waals surface area contributed by atoms with Crippen molar-refractivity contribution in [2.45, 2.75) is 31.2 Å². The molecule has 0 aliphatic rings.